The van der Waals surface area contributed by atoms with Crippen LogP contribution in [0.4, 0.5) is 0 Å². The third kappa shape index (κ3) is 5.12. The molecule has 22 heavy (non-hydrogen) atoms. The summed E-state index contributed by atoms with van der Waals surface area (Å²) in [7, 11) is 0. The van der Waals surface area contributed by atoms with Gasteiger partial charge in [0.05, 0.1) is 0 Å². The summed E-state index contributed by atoms with van der Waals surface area (Å²) in [6.45, 7) is 6.39. The first-order valence-electron chi connectivity index (χ1n) is 8.23. The summed E-state index contributed by atoms with van der Waals surface area (Å²) in [6.07, 6.45) is 5.23. The highest BCUT2D eigenvalue weighted by Crippen LogP contribution is 2.16. The van der Waals surface area contributed by atoms with Crippen molar-refractivity contribution < 1.29 is 0 Å². The van der Waals surface area contributed by atoms with Crippen molar-refractivity contribution in [2.45, 2.75) is 38.8 Å². The number of nitrogens with one attached hydrogen (secondary N) is 2. The van der Waals surface area contributed by atoms with Crippen LogP contribution in [0.5, 0.6) is 0 Å². The van der Waals surface area contributed by atoms with Gasteiger partial charge in [-0.05, 0) is 43.5 Å². The minimum atomic E-state index is 0. The fraction of sp³-hybridized carbons (Fsp3) is 0.588. The van der Waals surface area contributed by atoms with E-state index >= 15 is 0 Å². The van der Waals surface area contributed by atoms with Crippen LogP contribution < -0.4 is 10.6 Å². The van der Waals surface area contributed by atoms with Gasteiger partial charge in [0.15, 0.2) is 5.96 Å². The number of nitrogens with zero attached hydrogens (tertiary/aromatic N) is 2. The maximum absolute atomic E-state index is 4.47. The average Bonchev–Trinajstić information content (AvgIpc) is 2.56. The van der Waals surface area contributed by atoms with Crippen molar-refractivity contribution in [1.82, 2.24) is 15.5 Å². The minimum Gasteiger partial charge on any atom is -0.356 e. The molecule has 0 unspecified atom stereocenters. The molecule has 0 aliphatic carbocycles. The van der Waals surface area contributed by atoms with Crippen molar-refractivity contribution in [2.75, 3.05) is 26.2 Å². The lowest BCUT2D eigenvalue weighted by atomic mass is 10.0. The summed E-state index contributed by atoms with van der Waals surface area (Å²) in [6, 6.07) is 8.78. The van der Waals surface area contributed by atoms with Crippen molar-refractivity contribution in [3.05, 3.63) is 35.4 Å². The second-order valence-electron chi connectivity index (χ2n) is 5.97. The molecule has 0 bridgehead atoms. The Bertz CT molecular complexity index is 483. The van der Waals surface area contributed by atoms with E-state index in [9.17, 15) is 0 Å². The molecule has 1 aromatic rings. The van der Waals surface area contributed by atoms with Crippen molar-refractivity contribution in [3.8, 4) is 0 Å². The van der Waals surface area contributed by atoms with Crippen LogP contribution in [0.25, 0.3) is 0 Å². The molecule has 2 heterocycles. The number of hydrogen-bond donors (Lipinski definition) is 2. The van der Waals surface area contributed by atoms with Crippen molar-refractivity contribution in [3.63, 3.8) is 0 Å². The summed E-state index contributed by atoms with van der Waals surface area (Å²) in [5.41, 5.74) is 2.83. The standard InChI is InChI=1S/C17H26N4.HI/c1-4-11-21(12-5-1)14-16-8-3-2-7-15(16)13-20-17-18-9-6-10-19-17;/h2-3,7-8H,1,4-6,9-14H2,(H2,18,19,20);1H. The summed E-state index contributed by atoms with van der Waals surface area (Å²) in [5, 5.41) is 6.75. The molecule has 0 amide bonds. The topological polar surface area (TPSA) is 39.7 Å². The van der Waals surface area contributed by atoms with E-state index in [4.69, 9.17) is 0 Å². The highest BCUT2D eigenvalue weighted by atomic mass is 127. The number of rotatable bonds is 4. The quantitative estimate of drug-likeness (QED) is 0.745. The molecule has 0 aromatic heterocycles. The molecule has 2 aliphatic rings. The third-order valence-electron chi connectivity index (χ3n) is 4.30. The summed E-state index contributed by atoms with van der Waals surface area (Å²) < 4.78 is 0. The number of aliphatic imine (C=N–C) groups is 1. The van der Waals surface area contributed by atoms with Gasteiger partial charge in [-0.15, -0.1) is 24.0 Å². The van der Waals surface area contributed by atoms with Crippen LogP contribution in [0.1, 0.15) is 36.8 Å². The third-order valence-corrected chi connectivity index (χ3v) is 4.30. The van der Waals surface area contributed by atoms with Crippen LogP contribution in [0.2, 0.25) is 0 Å². The molecule has 4 nitrogen and oxygen atoms in total. The Kier molecular flexibility index (Phi) is 7.45. The van der Waals surface area contributed by atoms with E-state index < -0.39 is 0 Å². The monoisotopic (exact) mass is 414 g/mol. The highest BCUT2D eigenvalue weighted by molar-refractivity contribution is 14.0. The Morgan fingerprint density at radius 1 is 1.05 bits per heavy atom. The smallest absolute Gasteiger partial charge is 0.191 e. The Balaban J connectivity index is 0.00000176. The zero-order valence-corrected chi connectivity index (χ0v) is 15.5. The molecule has 2 aliphatic heterocycles. The zero-order valence-electron chi connectivity index (χ0n) is 13.2. The van der Waals surface area contributed by atoms with E-state index in [1.807, 2.05) is 0 Å². The molecular formula is C17H27IN4. The molecule has 0 atom stereocenters. The summed E-state index contributed by atoms with van der Waals surface area (Å²) in [5.74, 6) is 0.953. The Hall–Kier alpha value is -0.820. The second-order valence-corrected chi connectivity index (χ2v) is 5.97. The van der Waals surface area contributed by atoms with E-state index in [1.54, 1.807) is 0 Å². The van der Waals surface area contributed by atoms with Crippen LogP contribution in [-0.4, -0.2) is 37.0 Å². The molecule has 0 radical (unpaired) electrons. The normalized spacial score (nSPS) is 18.8. The number of benzene rings is 1. The number of hydrogen-bond acceptors (Lipinski definition) is 4. The largest absolute Gasteiger partial charge is 0.356 e. The van der Waals surface area contributed by atoms with Gasteiger partial charge in [-0.2, -0.15) is 0 Å². The minimum absolute atomic E-state index is 0. The van der Waals surface area contributed by atoms with Gasteiger partial charge in [-0.3, -0.25) is 9.89 Å². The maximum Gasteiger partial charge on any atom is 0.191 e. The van der Waals surface area contributed by atoms with Gasteiger partial charge < -0.3 is 10.6 Å². The first-order chi connectivity index (χ1) is 10.4. The molecule has 122 valence electrons. The molecule has 3 rings (SSSR count). The van der Waals surface area contributed by atoms with Crippen molar-refractivity contribution >= 4 is 29.9 Å². The van der Waals surface area contributed by atoms with E-state index in [2.05, 4.69) is 44.8 Å². The molecule has 1 fully saturated rings. The zero-order chi connectivity index (χ0) is 14.3. The van der Waals surface area contributed by atoms with Gasteiger partial charge in [-0.1, -0.05) is 30.7 Å². The maximum atomic E-state index is 4.47. The summed E-state index contributed by atoms with van der Waals surface area (Å²) >= 11 is 0. The van der Waals surface area contributed by atoms with E-state index in [0.29, 0.717) is 0 Å². The first kappa shape index (κ1) is 17.5. The van der Waals surface area contributed by atoms with Gasteiger partial charge in [-0.25, -0.2) is 0 Å². The highest BCUT2D eigenvalue weighted by Gasteiger charge is 2.12. The van der Waals surface area contributed by atoms with Crippen molar-refractivity contribution in [2.24, 2.45) is 4.99 Å². The Labute approximate surface area is 150 Å². The van der Waals surface area contributed by atoms with Crippen LogP contribution in [0.15, 0.2) is 29.3 Å². The average molecular weight is 414 g/mol. The number of likely N-dealkylation sites (tertiary alicyclic amines) is 1. The predicted octanol–water partition coefficient (Wildman–Crippen LogP) is 2.73. The van der Waals surface area contributed by atoms with Gasteiger partial charge >= 0.3 is 0 Å². The van der Waals surface area contributed by atoms with Gasteiger partial charge in [0, 0.05) is 26.2 Å². The van der Waals surface area contributed by atoms with E-state index in [1.165, 1.54) is 43.5 Å². The number of guanidine groups is 1. The molecular weight excluding hydrogens is 387 g/mol. The predicted molar refractivity (Wildman–Crippen MR) is 103 cm³/mol. The molecule has 0 spiro atoms. The molecule has 1 saturated heterocycles. The number of halogens is 1. The van der Waals surface area contributed by atoms with E-state index in [-0.39, 0.29) is 24.0 Å². The van der Waals surface area contributed by atoms with Crippen LogP contribution in [0, 0.1) is 0 Å². The van der Waals surface area contributed by atoms with Gasteiger partial charge in [0.25, 0.3) is 0 Å². The molecule has 5 heteroatoms. The Morgan fingerprint density at radius 3 is 2.55 bits per heavy atom. The SMILES string of the molecule is I.c1ccc(CN2CCCCC2)c(CNC2=NCCCN2)c1. The fourth-order valence-electron chi connectivity index (χ4n) is 3.07. The van der Waals surface area contributed by atoms with Crippen LogP contribution >= 0.6 is 24.0 Å². The number of piperidine rings is 1. The first-order valence-corrected chi connectivity index (χ1v) is 8.23. The lowest BCUT2D eigenvalue weighted by Gasteiger charge is -2.27. The van der Waals surface area contributed by atoms with Crippen LogP contribution in [0.3, 0.4) is 0 Å². The van der Waals surface area contributed by atoms with Gasteiger partial charge in [0.1, 0.15) is 0 Å². The lowest BCUT2D eigenvalue weighted by Crippen LogP contribution is -2.40. The van der Waals surface area contributed by atoms with E-state index in [0.717, 1.165) is 38.6 Å². The fourth-order valence-corrected chi connectivity index (χ4v) is 3.07. The van der Waals surface area contributed by atoms with Gasteiger partial charge in [0.2, 0.25) is 0 Å². The summed E-state index contributed by atoms with van der Waals surface area (Å²) in [4.78, 5) is 7.06. The molecule has 1 aromatic carbocycles. The second kappa shape index (κ2) is 9.35. The van der Waals surface area contributed by atoms with Crippen LogP contribution in [-0.2, 0) is 13.1 Å². The van der Waals surface area contributed by atoms with Crippen molar-refractivity contribution in [1.29, 1.82) is 0 Å². The lowest BCUT2D eigenvalue weighted by molar-refractivity contribution is 0.220. The Morgan fingerprint density at radius 2 is 1.82 bits per heavy atom. The molecule has 2 N–H and O–H groups in total. The molecule has 0 saturated carbocycles.